The number of hydrogen-bond acceptors (Lipinski definition) is 4. The zero-order valence-electron chi connectivity index (χ0n) is 12.0. The highest BCUT2D eigenvalue weighted by molar-refractivity contribution is 6.28. The summed E-state index contributed by atoms with van der Waals surface area (Å²) >= 11 is 6.01. The minimum atomic E-state index is 0.0178. The van der Waals surface area contributed by atoms with Gasteiger partial charge in [-0.15, -0.1) is 0 Å². The second-order valence-corrected chi connectivity index (χ2v) is 5.56. The molecule has 1 aliphatic heterocycles. The molecule has 0 aliphatic carbocycles. The summed E-state index contributed by atoms with van der Waals surface area (Å²) in [4.78, 5) is 21.9. The lowest BCUT2D eigenvalue weighted by Gasteiger charge is -2.33. The molecule has 6 heteroatoms. The summed E-state index contributed by atoms with van der Waals surface area (Å²) < 4.78 is 0. The summed E-state index contributed by atoms with van der Waals surface area (Å²) in [5.74, 6) is 0.882. The number of halogens is 1. The molecule has 1 unspecified atom stereocenters. The van der Waals surface area contributed by atoms with Crippen LogP contribution in [0.4, 0.5) is 5.82 Å². The van der Waals surface area contributed by atoms with E-state index in [1.54, 1.807) is 6.92 Å². The van der Waals surface area contributed by atoms with Gasteiger partial charge >= 0.3 is 0 Å². The zero-order chi connectivity index (χ0) is 14.5. The number of nitrogens with zero attached hydrogens (tertiary/aromatic N) is 3. The molecule has 1 aromatic heterocycles. The van der Waals surface area contributed by atoms with Gasteiger partial charge in [0.05, 0.1) is 0 Å². The molecule has 2 heterocycles. The highest BCUT2D eigenvalue weighted by atomic mass is 35.5. The molecule has 110 valence electrons. The molecule has 0 bridgehead atoms. The topological polar surface area (TPSA) is 58.1 Å². The highest BCUT2D eigenvalue weighted by Crippen LogP contribution is 2.20. The van der Waals surface area contributed by atoms with E-state index in [0.29, 0.717) is 5.28 Å². The average Bonchev–Trinajstić information content (AvgIpc) is 2.38. The van der Waals surface area contributed by atoms with Gasteiger partial charge in [0.15, 0.2) is 0 Å². The third kappa shape index (κ3) is 4.07. The summed E-state index contributed by atoms with van der Waals surface area (Å²) in [5.41, 5.74) is 0.976. The molecular formula is C14H21ClN4O. The van der Waals surface area contributed by atoms with Gasteiger partial charge in [-0.3, -0.25) is 4.79 Å². The Hall–Kier alpha value is -1.36. The number of carbonyl (C=O) groups is 1. The molecule has 0 aromatic carbocycles. The first-order valence-electron chi connectivity index (χ1n) is 7.14. The van der Waals surface area contributed by atoms with Gasteiger partial charge in [-0.2, -0.15) is 0 Å². The van der Waals surface area contributed by atoms with E-state index in [9.17, 15) is 4.79 Å². The summed E-state index contributed by atoms with van der Waals surface area (Å²) in [5, 5.41) is 3.28. The Labute approximate surface area is 124 Å². The van der Waals surface area contributed by atoms with Gasteiger partial charge in [0.25, 0.3) is 0 Å². The fourth-order valence-electron chi connectivity index (χ4n) is 2.59. The van der Waals surface area contributed by atoms with E-state index in [2.05, 4.69) is 27.1 Å². The van der Waals surface area contributed by atoms with Crippen molar-refractivity contribution in [3.8, 4) is 0 Å². The molecule has 1 amide bonds. The summed E-state index contributed by atoms with van der Waals surface area (Å²) in [6, 6.07) is 2.19. The van der Waals surface area contributed by atoms with Gasteiger partial charge in [0, 0.05) is 37.8 Å². The minimum absolute atomic E-state index is 0.0178. The molecule has 5 nitrogen and oxygen atoms in total. The Morgan fingerprint density at radius 3 is 3.05 bits per heavy atom. The fourth-order valence-corrected chi connectivity index (χ4v) is 2.78. The lowest BCUT2D eigenvalue weighted by molar-refractivity contribution is -0.119. The Kier molecular flexibility index (Phi) is 5.17. The highest BCUT2D eigenvalue weighted by Gasteiger charge is 2.22. The van der Waals surface area contributed by atoms with Crippen molar-refractivity contribution in [1.82, 2.24) is 15.3 Å². The zero-order valence-corrected chi connectivity index (χ0v) is 12.8. The molecule has 0 radical (unpaired) electrons. The van der Waals surface area contributed by atoms with Crippen molar-refractivity contribution in [1.29, 1.82) is 0 Å². The number of anilines is 1. The van der Waals surface area contributed by atoms with E-state index in [1.165, 1.54) is 0 Å². The number of aryl methyl sites for hydroxylation is 1. The van der Waals surface area contributed by atoms with Crippen LogP contribution in [0.25, 0.3) is 0 Å². The Morgan fingerprint density at radius 1 is 1.55 bits per heavy atom. The van der Waals surface area contributed by atoms with Crippen LogP contribution in [0, 0.1) is 0 Å². The molecule has 0 saturated carbocycles. The molecule has 1 N–H and O–H groups in total. The number of nitrogens with one attached hydrogen (secondary N) is 1. The second-order valence-electron chi connectivity index (χ2n) is 5.22. The van der Waals surface area contributed by atoms with Gasteiger partial charge in [-0.25, -0.2) is 9.97 Å². The number of rotatable bonds is 4. The van der Waals surface area contributed by atoms with Crippen LogP contribution in [0.5, 0.6) is 0 Å². The van der Waals surface area contributed by atoms with Crippen LogP contribution in [0.1, 0.15) is 38.8 Å². The van der Waals surface area contributed by atoms with Crippen LogP contribution < -0.4 is 10.2 Å². The van der Waals surface area contributed by atoms with E-state index in [4.69, 9.17) is 11.6 Å². The predicted molar refractivity (Wildman–Crippen MR) is 80.1 cm³/mol. The summed E-state index contributed by atoms with van der Waals surface area (Å²) in [7, 11) is 0. The van der Waals surface area contributed by atoms with E-state index < -0.39 is 0 Å². The van der Waals surface area contributed by atoms with E-state index in [1.807, 2.05) is 6.07 Å². The summed E-state index contributed by atoms with van der Waals surface area (Å²) in [6.07, 6.45) is 3.98. The number of hydrogen-bond donors (Lipinski definition) is 1. The standard InChI is InChI=1S/C14H21ClN4O/c1-3-5-11-8-13(18-14(15)17-11)19-7-4-6-12(9-19)16-10(2)20/h8,12H,3-7,9H2,1-2H3,(H,16,20). The largest absolute Gasteiger partial charge is 0.354 e. The Bertz CT molecular complexity index is 480. The van der Waals surface area contributed by atoms with Crippen molar-refractivity contribution >= 4 is 23.3 Å². The normalized spacial score (nSPS) is 18.9. The maximum atomic E-state index is 11.2. The monoisotopic (exact) mass is 296 g/mol. The second kappa shape index (κ2) is 6.88. The van der Waals surface area contributed by atoms with Gasteiger partial charge in [0.1, 0.15) is 5.82 Å². The van der Waals surface area contributed by atoms with Crippen molar-refractivity contribution in [3.05, 3.63) is 17.0 Å². The Morgan fingerprint density at radius 2 is 2.35 bits per heavy atom. The van der Waals surface area contributed by atoms with Crippen molar-refractivity contribution in [3.63, 3.8) is 0 Å². The van der Waals surface area contributed by atoms with Gasteiger partial charge in [0.2, 0.25) is 11.2 Å². The van der Waals surface area contributed by atoms with Crippen LogP contribution >= 0.6 is 11.6 Å². The van der Waals surface area contributed by atoms with Gasteiger partial charge in [-0.1, -0.05) is 13.3 Å². The van der Waals surface area contributed by atoms with E-state index in [-0.39, 0.29) is 11.9 Å². The van der Waals surface area contributed by atoms with Crippen LogP contribution in [-0.2, 0) is 11.2 Å². The fraction of sp³-hybridized carbons (Fsp3) is 0.643. The maximum absolute atomic E-state index is 11.2. The molecule has 1 saturated heterocycles. The van der Waals surface area contributed by atoms with Crippen LogP contribution in [0.15, 0.2) is 6.07 Å². The maximum Gasteiger partial charge on any atom is 0.224 e. The first kappa shape index (κ1) is 15.0. The average molecular weight is 297 g/mol. The third-order valence-electron chi connectivity index (χ3n) is 3.40. The molecule has 2 rings (SSSR count). The van der Waals surface area contributed by atoms with Crippen molar-refractivity contribution < 1.29 is 4.79 Å². The van der Waals surface area contributed by atoms with Crippen molar-refractivity contribution in [2.75, 3.05) is 18.0 Å². The van der Waals surface area contributed by atoms with Crippen LogP contribution in [0.3, 0.4) is 0 Å². The van der Waals surface area contributed by atoms with Crippen LogP contribution in [-0.4, -0.2) is 35.0 Å². The molecule has 1 atom stereocenters. The number of carbonyl (C=O) groups excluding carboxylic acids is 1. The minimum Gasteiger partial charge on any atom is -0.354 e. The Balaban J connectivity index is 2.11. The molecule has 0 spiro atoms. The predicted octanol–water partition coefficient (Wildman–Crippen LogP) is 2.19. The lowest BCUT2D eigenvalue weighted by Crippen LogP contribution is -2.47. The van der Waals surface area contributed by atoms with Crippen molar-refractivity contribution in [2.45, 2.75) is 45.6 Å². The van der Waals surface area contributed by atoms with Crippen molar-refractivity contribution in [2.24, 2.45) is 0 Å². The first-order valence-corrected chi connectivity index (χ1v) is 7.51. The number of aromatic nitrogens is 2. The molecule has 20 heavy (non-hydrogen) atoms. The molecule has 1 fully saturated rings. The van der Waals surface area contributed by atoms with Crippen LogP contribution in [0.2, 0.25) is 5.28 Å². The smallest absolute Gasteiger partial charge is 0.224 e. The molecular weight excluding hydrogens is 276 g/mol. The number of amides is 1. The van der Waals surface area contributed by atoms with E-state index in [0.717, 1.165) is 50.3 Å². The molecule has 1 aromatic rings. The SMILES string of the molecule is CCCc1cc(N2CCCC(NC(C)=O)C2)nc(Cl)n1. The lowest BCUT2D eigenvalue weighted by atomic mass is 10.1. The van der Waals surface area contributed by atoms with E-state index >= 15 is 0 Å². The quantitative estimate of drug-likeness (QED) is 0.865. The summed E-state index contributed by atoms with van der Waals surface area (Å²) in [6.45, 7) is 5.39. The third-order valence-corrected chi connectivity index (χ3v) is 3.57. The van der Waals surface area contributed by atoms with Gasteiger partial charge < -0.3 is 10.2 Å². The van der Waals surface area contributed by atoms with Gasteiger partial charge in [-0.05, 0) is 30.9 Å². The first-order chi connectivity index (χ1) is 9.58. The number of piperidine rings is 1. The molecule has 1 aliphatic rings.